The Morgan fingerprint density at radius 2 is 1.82 bits per heavy atom. The zero-order valence-electron chi connectivity index (χ0n) is 9.41. The maximum Gasteiger partial charge on any atom is 0.167 e. The first kappa shape index (κ1) is 11.9. The van der Waals surface area contributed by atoms with Crippen molar-refractivity contribution in [1.29, 1.82) is 0 Å². The minimum absolute atomic E-state index is 0.200. The average molecular weight is 251 g/mol. The van der Waals surface area contributed by atoms with E-state index in [9.17, 15) is 4.39 Å². The summed E-state index contributed by atoms with van der Waals surface area (Å²) in [5, 5.41) is 0. The van der Waals surface area contributed by atoms with E-state index in [0.717, 1.165) is 5.56 Å². The van der Waals surface area contributed by atoms with E-state index in [1.54, 1.807) is 24.3 Å². The Kier molecular flexibility index (Phi) is 3.64. The van der Waals surface area contributed by atoms with Gasteiger partial charge in [-0.2, -0.15) is 0 Å². The van der Waals surface area contributed by atoms with Crippen LogP contribution in [0.2, 0.25) is 0 Å². The molecular weight excluding hydrogens is 239 g/mol. The van der Waals surface area contributed by atoms with Crippen LogP contribution in [0.15, 0.2) is 42.5 Å². The molecule has 0 amide bonds. The molecule has 0 spiro atoms. The van der Waals surface area contributed by atoms with Gasteiger partial charge in [0.1, 0.15) is 5.75 Å². The quantitative estimate of drug-likeness (QED) is 0.720. The van der Waals surface area contributed by atoms with Crippen molar-refractivity contribution in [2.24, 2.45) is 0 Å². The molecule has 0 radical (unpaired) electrons. The summed E-state index contributed by atoms with van der Waals surface area (Å²) in [7, 11) is 0. The lowest BCUT2D eigenvalue weighted by Crippen LogP contribution is -1.93. The second-order valence-corrected chi connectivity index (χ2v) is 4.04. The molecule has 0 saturated heterocycles. The van der Waals surface area contributed by atoms with Gasteiger partial charge in [0.25, 0.3) is 0 Å². The third kappa shape index (κ3) is 2.77. The van der Waals surface area contributed by atoms with Crippen LogP contribution in [0.4, 0.5) is 4.39 Å². The van der Waals surface area contributed by atoms with Crippen LogP contribution in [0.3, 0.4) is 0 Å². The van der Waals surface area contributed by atoms with Gasteiger partial charge in [-0.1, -0.05) is 29.8 Å². The standard InChI is InChI=1S/C14H12ClFO/c1-10-5-7-12(8-6-10)17-14-11(9-15)3-2-4-13(14)16/h2-8H,9H2,1H3. The average Bonchev–Trinajstić information content (AvgIpc) is 2.34. The smallest absolute Gasteiger partial charge is 0.167 e. The highest BCUT2D eigenvalue weighted by Gasteiger charge is 2.09. The highest BCUT2D eigenvalue weighted by molar-refractivity contribution is 6.17. The predicted octanol–water partition coefficient (Wildman–Crippen LogP) is 4.67. The van der Waals surface area contributed by atoms with Gasteiger partial charge in [-0.3, -0.25) is 0 Å². The lowest BCUT2D eigenvalue weighted by molar-refractivity contribution is 0.438. The Morgan fingerprint density at radius 1 is 1.12 bits per heavy atom. The fourth-order valence-corrected chi connectivity index (χ4v) is 1.71. The molecule has 0 atom stereocenters. The van der Waals surface area contributed by atoms with Crippen LogP contribution in [0.25, 0.3) is 0 Å². The number of hydrogen-bond donors (Lipinski definition) is 0. The Morgan fingerprint density at radius 3 is 2.47 bits per heavy atom. The first-order chi connectivity index (χ1) is 8.20. The normalized spacial score (nSPS) is 10.3. The molecule has 0 fully saturated rings. The van der Waals surface area contributed by atoms with Gasteiger partial charge in [-0.05, 0) is 25.1 Å². The van der Waals surface area contributed by atoms with E-state index < -0.39 is 5.82 Å². The molecule has 0 heterocycles. The van der Waals surface area contributed by atoms with E-state index in [2.05, 4.69) is 0 Å². The van der Waals surface area contributed by atoms with Crippen molar-refractivity contribution >= 4 is 11.6 Å². The Labute approximate surface area is 105 Å². The van der Waals surface area contributed by atoms with E-state index in [0.29, 0.717) is 11.3 Å². The van der Waals surface area contributed by atoms with Crippen molar-refractivity contribution in [3.05, 3.63) is 59.4 Å². The Hall–Kier alpha value is -1.54. The maximum atomic E-state index is 13.6. The minimum Gasteiger partial charge on any atom is -0.454 e. The highest BCUT2D eigenvalue weighted by Crippen LogP contribution is 2.29. The number of benzene rings is 2. The summed E-state index contributed by atoms with van der Waals surface area (Å²) in [5.41, 5.74) is 1.77. The molecule has 0 aliphatic carbocycles. The second kappa shape index (κ2) is 5.19. The van der Waals surface area contributed by atoms with E-state index in [4.69, 9.17) is 16.3 Å². The van der Waals surface area contributed by atoms with Crippen LogP contribution in [0, 0.1) is 12.7 Å². The summed E-state index contributed by atoms with van der Waals surface area (Å²) in [4.78, 5) is 0. The summed E-state index contributed by atoms with van der Waals surface area (Å²) in [6.45, 7) is 1.98. The zero-order valence-corrected chi connectivity index (χ0v) is 10.2. The van der Waals surface area contributed by atoms with Crippen LogP contribution < -0.4 is 4.74 Å². The van der Waals surface area contributed by atoms with E-state index in [1.165, 1.54) is 6.07 Å². The van der Waals surface area contributed by atoms with Gasteiger partial charge in [0.2, 0.25) is 0 Å². The van der Waals surface area contributed by atoms with Crippen molar-refractivity contribution in [2.75, 3.05) is 0 Å². The third-order valence-corrected chi connectivity index (χ3v) is 2.72. The molecule has 0 N–H and O–H groups in total. The van der Waals surface area contributed by atoms with Crippen molar-refractivity contribution in [1.82, 2.24) is 0 Å². The van der Waals surface area contributed by atoms with Crippen LogP contribution >= 0.6 is 11.6 Å². The molecule has 0 saturated carbocycles. The molecule has 88 valence electrons. The Balaban J connectivity index is 2.32. The fraction of sp³-hybridized carbons (Fsp3) is 0.143. The van der Waals surface area contributed by atoms with Crippen molar-refractivity contribution in [2.45, 2.75) is 12.8 Å². The summed E-state index contributed by atoms with van der Waals surface area (Å²) >= 11 is 5.75. The number of alkyl halides is 1. The lowest BCUT2D eigenvalue weighted by Gasteiger charge is -2.10. The lowest BCUT2D eigenvalue weighted by atomic mass is 10.2. The number of rotatable bonds is 3. The molecular formula is C14H12ClFO. The topological polar surface area (TPSA) is 9.23 Å². The zero-order chi connectivity index (χ0) is 12.3. The van der Waals surface area contributed by atoms with Crippen LogP contribution in [-0.4, -0.2) is 0 Å². The molecule has 1 nitrogen and oxygen atoms in total. The van der Waals surface area contributed by atoms with Crippen LogP contribution in [0.5, 0.6) is 11.5 Å². The van der Waals surface area contributed by atoms with Gasteiger partial charge in [0.05, 0.1) is 5.88 Å². The van der Waals surface area contributed by atoms with Gasteiger partial charge in [0.15, 0.2) is 11.6 Å². The molecule has 0 unspecified atom stereocenters. The molecule has 0 aliphatic rings. The van der Waals surface area contributed by atoms with E-state index in [-0.39, 0.29) is 11.6 Å². The highest BCUT2D eigenvalue weighted by atomic mass is 35.5. The summed E-state index contributed by atoms with van der Waals surface area (Å²) in [5.74, 6) is 0.626. The van der Waals surface area contributed by atoms with Gasteiger partial charge in [0, 0.05) is 5.56 Å². The summed E-state index contributed by atoms with van der Waals surface area (Å²) < 4.78 is 19.1. The number of aryl methyl sites for hydroxylation is 1. The largest absolute Gasteiger partial charge is 0.454 e. The van der Waals surface area contributed by atoms with Crippen molar-refractivity contribution < 1.29 is 9.13 Å². The molecule has 0 aliphatic heterocycles. The molecule has 0 aromatic heterocycles. The number of hydrogen-bond acceptors (Lipinski definition) is 1. The van der Waals surface area contributed by atoms with E-state index >= 15 is 0 Å². The summed E-state index contributed by atoms with van der Waals surface area (Å²) in [6, 6.07) is 12.2. The molecule has 2 aromatic rings. The first-order valence-electron chi connectivity index (χ1n) is 5.28. The predicted molar refractivity (Wildman–Crippen MR) is 67.2 cm³/mol. The first-order valence-corrected chi connectivity index (χ1v) is 5.82. The third-order valence-electron chi connectivity index (χ3n) is 2.43. The molecule has 17 heavy (non-hydrogen) atoms. The van der Waals surface area contributed by atoms with Gasteiger partial charge in [-0.25, -0.2) is 4.39 Å². The fourth-order valence-electron chi connectivity index (χ4n) is 1.50. The Bertz CT molecular complexity index is 508. The van der Waals surface area contributed by atoms with Gasteiger partial charge < -0.3 is 4.74 Å². The van der Waals surface area contributed by atoms with Gasteiger partial charge in [-0.15, -0.1) is 11.6 Å². The molecule has 3 heteroatoms. The van der Waals surface area contributed by atoms with Crippen LogP contribution in [0.1, 0.15) is 11.1 Å². The summed E-state index contributed by atoms with van der Waals surface area (Å²) in [6.07, 6.45) is 0. The molecule has 2 aromatic carbocycles. The van der Waals surface area contributed by atoms with E-state index in [1.807, 2.05) is 19.1 Å². The second-order valence-electron chi connectivity index (χ2n) is 3.78. The maximum absolute atomic E-state index is 13.6. The minimum atomic E-state index is -0.399. The van der Waals surface area contributed by atoms with Crippen molar-refractivity contribution in [3.8, 4) is 11.5 Å². The SMILES string of the molecule is Cc1ccc(Oc2c(F)cccc2CCl)cc1. The van der Waals surface area contributed by atoms with Crippen molar-refractivity contribution in [3.63, 3.8) is 0 Å². The number of halogens is 2. The van der Waals surface area contributed by atoms with Crippen LogP contribution in [-0.2, 0) is 5.88 Å². The monoisotopic (exact) mass is 250 g/mol. The number of ether oxygens (including phenoxy) is 1. The van der Waals surface area contributed by atoms with Gasteiger partial charge >= 0.3 is 0 Å². The number of para-hydroxylation sites is 1. The molecule has 0 bridgehead atoms. The molecule has 2 rings (SSSR count).